The molecule has 0 aliphatic heterocycles. The van der Waals surface area contributed by atoms with E-state index in [4.69, 9.17) is 0 Å². The number of nitrogens with zero attached hydrogens (tertiary/aromatic N) is 2. The molecule has 1 heterocycles. The summed E-state index contributed by atoms with van der Waals surface area (Å²) in [6.45, 7) is 5.07. The predicted octanol–water partition coefficient (Wildman–Crippen LogP) is 2.03. The molecule has 1 aliphatic carbocycles. The second-order valence-electron chi connectivity index (χ2n) is 5.78. The van der Waals surface area contributed by atoms with E-state index in [0.29, 0.717) is 21.5 Å². The van der Waals surface area contributed by atoms with Crippen LogP contribution in [-0.2, 0) is 16.1 Å². The van der Waals surface area contributed by atoms with Gasteiger partial charge in [-0.05, 0) is 40.1 Å². The van der Waals surface area contributed by atoms with E-state index in [-0.39, 0.29) is 12.1 Å². The summed E-state index contributed by atoms with van der Waals surface area (Å²) < 4.78 is 6.01. The Kier molecular flexibility index (Phi) is 4.70. The third-order valence-electron chi connectivity index (χ3n) is 4.24. The van der Waals surface area contributed by atoms with Crippen LogP contribution in [0.25, 0.3) is 0 Å². The summed E-state index contributed by atoms with van der Waals surface area (Å²) in [5, 5.41) is 7.30. The molecule has 21 heavy (non-hydrogen) atoms. The fourth-order valence-electron chi connectivity index (χ4n) is 2.28. The van der Waals surface area contributed by atoms with Gasteiger partial charge in [-0.25, -0.2) is 4.68 Å². The lowest BCUT2D eigenvalue weighted by Gasteiger charge is -2.21. The molecule has 116 valence electrons. The Labute approximate surface area is 132 Å². The topological polar surface area (TPSA) is 73.2 Å². The highest BCUT2D eigenvalue weighted by atomic mass is 79.9. The van der Waals surface area contributed by atoms with Crippen LogP contribution >= 0.6 is 15.9 Å². The van der Waals surface area contributed by atoms with Gasteiger partial charge >= 0.3 is 5.97 Å². The van der Waals surface area contributed by atoms with E-state index in [1.807, 2.05) is 0 Å². The number of esters is 1. The number of carbonyl (C=O) groups excluding carboxylic acids is 1. The van der Waals surface area contributed by atoms with Crippen molar-refractivity contribution in [2.45, 2.75) is 33.2 Å². The molecule has 0 saturated heterocycles. The van der Waals surface area contributed by atoms with Crippen molar-refractivity contribution in [2.75, 3.05) is 19.0 Å². The zero-order valence-corrected chi connectivity index (χ0v) is 14.1. The van der Waals surface area contributed by atoms with Gasteiger partial charge in [-0.3, -0.25) is 9.59 Å². The van der Waals surface area contributed by atoms with E-state index in [2.05, 4.69) is 44.9 Å². The minimum Gasteiger partial charge on any atom is -0.468 e. The van der Waals surface area contributed by atoms with E-state index >= 15 is 0 Å². The molecule has 0 unspecified atom stereocenters. The van der Waals surface area contributed by atoms with Gasteiger partial charge in [0.2, 0.25) is 0 Å². The third kappa shape index (κ3) is 3.45. The van der Waals surface area contributed by atoms with Crippen molar-refractivity contribution in [1.82, 2.24) is 9.78 Å². The van der Waals surface area contributed by atoms with Gasteiger partial charge in [0.1, 0.15) is 11.0 Å². The molecule has 1 saturated carbocycles. The highest BCUT2D eigenvalue weighted by Gasteiger charge is 2.45. The maximum absolute atomic E-state index is 12.1. The number of rotatable bonds is 6. The second kappa shape index (κ2) is 6.17. The molecule has 6 nitrogen and oxygen atoms in total. The maximum Gasteiger partial charge on any atom is 0.327 e. The zero-order chi connectivity index (χ0) is 15.6. The third-order valence-corrected chi connectivity index (χ3v) is 5.01. The Morgan fingerprint density at radius 3 is 2.76 bits per heavy atom. The van der Waals surface area contributed by atoms with Gasteiger partial charge in [0.25, 0.3) is 5.56 Å². The number of halogens is 1. The first-order chi connectivity index (χ1) is 9.89. The molecule has 1 N–H and O–H groups in total. The van der Waals surface area contributed by atoms with Crippen LogP contribution in [0.15, 0.2) is 15.5 Å². The number of aromatic nitrogens is 2. The standard InChI is InChI=1S/C14H20BrN3O3/c1-9(2)14(4-5-14)8-16-10-6-17-18(7-11(19)21-3)13(20)12(10)15/h6,9,16H,4-5,7-8H2,1-3H3. The largest absolute Gasteiger partial charge is 0.468 e. The second-order valence-corrected chi connectivity index (χ2v) is 6.57. The van der Waals surface area contributed by atoms with Crippen molar-refractivity contribution in [3.63, 3.8) is 0 Å². The number of nitrogens with one attached hydrogen (secondary N) is 1. The number of carbonyl (C=O) groups is 1. The lowest BCUT2D eigenvalue weighted by Crippen LogP contribution is -2.29. The summed E-state index contributed by atoms with van der Waals surface area (Å²) in [6, 6.07) is 0. The number of methoxy groups -OCH3 is 1. The van der Waals surface area contributed by atoms with Crippen molar-refractivity contribution in [3.05, 3.63) is 21.0 Å². The average Bonchev–Trinajstić information content (AvgIpc) is 3.24. The summed E-state index contributed by atoms with van der Waals surface area (Å²) in [5.41, 5.74) is 0.646. The molecule has 1 aliphatic rings. The van der Waals surface area contributed by atoms with E-state index < -0.39 is 5.97 Å². The van der Waals surface area contributed by atoms with Crippen molar-refractivity contribution in [2.24, 2.45) is 11.3 Å². The van der Waals surface area contributed by atoms with Crippen LogP contribution in [-0.4, -0.2) is 29.4 Å². The molecule has 0 spiro atoms. The van der Waals surface area contributed by atoms with Gasteiger partial charge < -0.3 is 10.1 Å². The molecule has 7 heteroatoms. The van der Waals surface area contributed by atoms with E-state index in [9.17, 15) is 9.59 Å². The fraction of sp³-hybridized carbons (Fsp3) is 0.643. The molecule has 0 amide bonds. The number of hydrogen-bond acceptors (Lipinski definition) is 5. The molecule has 1 fully saturated rings. The Balaban J connectivity index is 2.10. The minimum absolute atomic E-state index is 0.190. The molecular weight excluding hydrogens is 338 g/mol. The van der Waals surface area contributed by atoms with Crippen molar-refractivity contribution in [1.29, 1.82) is 0 Å². The summed E-state index contributed by atoms with van der Waals surface area (Å²) in [5.74, 6) is 0.102. The lowest BCUT2D eigenvalue weighted by molar-refractivity contribution is -0.141. The first-order valence-corrected chi connectivity index (χ1v) is 7.75. The van der Waals surface area contributed by atoms with Gasteiger partial charge in [0.05, 0.1) is 19.0 Å². The molecule has 1 aromatic heterocycles. The van der Waals surface area contributed by atoms with E-state index in [1.165, 1.54) is 20.0 Å². The first-order valence-electron chi connectivity index (χ1n) is 6.96. The van der Waals surface area contributed by atoms with Gasteiger partial charge in [-0.1, -0.05) is 13.8 Å². The maximum atomic E-state index is 12.1. The van der Waals surface area contributed by atoms with E-state index in [1.54, 1.807) is 6.20 Å². The highest BCUT2D eigenvalue weighted by molar-refractivity contribution is 9.10. The van der Waals surface area contributed by atoms with Crippen LogP contribution in [0.3, 0.4) is 0 Å². The van der Waals surface area contributed by atoms with E-state index in [0.717, 1.165) is 11.2 Å². The molecule has 2 rings (SSSR count). The van der Waals surface area contributed by atoms with Gasteiger partial charge in [-0.2, -0.15) is 5.10 Å². The summed E-state index contributed by atoms with van der Waals surface area (Å²) >= 11 is 3.28. The van der Waals surface area contributed by atoms with Crippen molar-refractivity contribution < 1.29 is 9.53 Å². The number of hydrogen-bond donors (Lipinski definition) is 1. The van der Waals surface area contributed by atoms with Gasteiger partial charge in [0.15, 0.2) is 0 Å². The van der Waals surface area contributed by atoms with Crippen LogP contribution in [0.2, 0.25) is 0 Å². The van der Waals surface area contributed by atoms with Gasteiger partial charge in [0, 0.05) is 6.54 Å². The molecule has 0 radical (unpaired) electrons. The highest BCUT2D eigenvalue weighted by Crippen LogP contribution is 2.51. The molecular formula is C14H20BrN3O3. The van der Waals surface area contributed by atoms with Crippen LogP contribution in [0, 0.1) is 11.3 Å². The SMILES string of the molecule is COC(=O)Cn1ncc(NCC2(C(C)C)CC2)c(Br)c1=O. The average molecular weight is 358 g/mol. The van der Waals surface area contributed by atoms with Crippen LogP contribution < -0.4 is 10.9 Å². The summed E-state index contributed by atoms with van der Waals surface area (Å²) in [4.78, 5) is 23.3. The Morgan fingerprint density at radius 1 is 1.57 bits per heavy atom. The predicted molar refractivity (Wildman–Crippen MR) is 83.2 cm³/mol. The molecule has 1 aromatic rings. The van der Waals surface area contributed by atoms with Crippen molar-refractivity contribution >= 4 is 27.6 Å². The van der Waals surface area contributed by atoms with Crippen LogP contribution in [0.1, 0.15) is 26.7 Å². The number of anilines is 1. The Morgan fingerprint density at radius 2 is 2.24 bits per heavy atom. The first kappa shape index (κ1) is 16.0. The minimum atomic E-state index is -0.506. The Bertz CT molecular complexity index is 594. The quantitative estimate of drug-likeness (QED) is 0.788. The normalized spacial score (nSPS) is 15.9. The van der Waals surface area contributed by atoms with Crippen LogP contribution in [0.4, 0.5) is 5.69 Å². The fourth-order valence-corrected chi connectivity index (χ4v) is 2.73. The number of ether oxygens (including phenoxy) is 1. The smallest absolute Gasteiger partial charge is 0.327 e. The zero-order valence-electron chi connectivity index (χ0n) is 12.5. The molecule has 0 aromatic carbocycles. The van der Waals surface area contributed by atoms with Crippen LogP contribution in [0.5, 0.6) is 0 Å². The van der Waals surface area contributed by atoms with Crippen molar-refractivity contribution in [3.8, 4) is 0 Å². The summed E-state index contributed by atoms with van der Waals surface area (Å²) in [7, 11) is 1.28. The summed E-state index contributed by atoms with van der Waals surface area (Å²) in [6.07, 6.45) is 3.98. The Hall–Kier alpha value is -1.37. The monoisotopic (exact) mass is 357 g/mol. The molecule has 0 bridgehead atoms. The van der Waals surface area contributed by atoms with Gasteiger partial charge in [-0.15, -0.1) is 0 Å². The molecule has 0 atom stereocenters. The lowest BCUT2D eigenvalue weighted by atomic mass is 9.92.